The average molecular weight is 285 g/mol. The lowest BCUT2D eigenvalue weighted by Crippen LogP contribution is -2.00. The van der Waals surface area contributed by atoms with Crippen LogP contribution in [-0.4, -0.2) is 19.5 Å². The maximum Gasteiger partial charge on any atom is 0.132 e. The van der Waals surface area contributed by atoms with Crippen molar-refractivity contribution in [3.63, 3.8) is 0 Å². The molecule has 0 atom stereocenters. The minimum atomic E-state index is 0.581. The lowest BCUT2D eigenvalue weighted by atomic mass is 10.2. The monoisotopic (exact) mass is 285 g/mol. The van der Waals surface area contributed by atoms with Crippen LogP contribution >= 0.6 is 11.8 Å². The van der Waals surface area contributed by atoms with E-state index in [2.05, 4.69) is 6.07 Å². The van der Waals surface area contributed by atoms with Crippen molar-refractivity contribution in [1.82, 2.24) is 0 Å². The molecule has 3 nitrogen and oxygen atoms in total. The fraction of sp³-hybridized carbons (Fsp3) is 0.188. The van der Waals surface area contributed by atoms with Crippen molar-refractivity contribution in [3.05, 3.63) is 54.1 Å². The molecule has 0 bridgehead atoms. The van der Waals surface area contributed by atoms with Crippen LogP contribution in [0.5, 0.6) is 11.5 Å². The highest BCUT2D eigenvalue weighted by Crippen LogP contribution is 2.28. The van der Waals surface area contributed by atoms with E-state index in [4.69, 9.17) is 14.7 Å². The Labute approximate surface area is 123 Å². The minimum Gasteiger partial charge on any atom is -0.496 e. The van der Waals surface area contributed by atoms with Crippen LogP contribution in [-0.2, 0) is 0 Å². The summed E-state index contributed by atoms with van der Waals surface area (Å²) in [7, 11) is 1.67. The summed E-state index contributed by atoms with van der Waals surface area (Å²) < 4.78 is 10.9. The summed E-state index contributed by atoms with van der Waals surface area (Å²) >= 11 is 1.69. The first-order valence-corrected chi connectivity index (χ1v) is 7.21. The molecule has 2 aromatic rings. The first-order chi connectivity index (χ1) is 9.83. The molecule has 102 valence electrons. The predicted molar refractivity (Wildman–Crippen MR) is 80.4 cm³/mol. The van der Waals surface area contributed by atoms with E-state index in [0.717, 1.165) is 22.1 Å². The highest BCUT2D eigenvalue weighted by molar-refractivity contribution is 7.99. The predicted octanol–water partition coefficient (Wildman–Crippen LogP) is 3.74. The number of para-hydroxylation sites is 1. The van der Waals surface area contributed by atoms with Crippen molar-refractivity contribution < 1.29 is 9.47 Å². The number of nitriles is 1. The van der Waals surface area contributed by atoms with E-state index < -0.39 is 0 Å². The number of methoxy groups -OCH3 is 1. The topological polar surface area (TPSA) is 42.2 Å². The Hall–Kier alpha value is -2.12. The second-order valence-corrected chi connectivity index (χ2v) is 5.12. The Bertz CT molecular complexity index is 607. The second kappa shape index (κ2) is 7.46. The summed E-state index contributed by atoms with van der Waals surface area (Å²) in [5, 5.41) is 8.82. The fourth-order valence-electron chi connectivity index (χ4n) is 1.70. The molecular formula is C16H15NO2S. The minimum absolute atomic E-state index is 0.581. The molecule has 0 N–H and O–H groups in total. The van der Waals surface area contributed by atoms with Gasteiger partial charge >= 0.3 is 0 Å². The van der Waals surface area contributed by atoms with Crippen LogP contribution in [0.1, 0.15) is 5.56 Å². The van der Waals surface area contributed by atoms with Crippen LogP contribution in [0, 0.1) is 11.3 Å². The molecule has 20 heavy (non-hydrogen) atoms. The van der Waals surface area contributed by atoms with E-state index in [-0.39, 0.29) is 0 Å². The van der Waals surface area contributed by atoms with E-state index in [1.807, 2.05) is 36.4 Å². The van der Waals surface area contributed by atoms with E-state index in [9.17, 15) is 0 Å². The van der Waals surface area contributed by atoms with Gasteiger partial charge in [-0.15, -0.1) is 11.8 Å². The highest BCUT2D eigenvalue weighted by Gasteiger charge is 2.02. The molecule has 0 unspecified atom stereocenters. The van der Waals surface area contributed by atoms with Crippen LogP contribution < -0.4 is 9.47 Å². The van der Waals surface area contributed by atoms with Crippen LogP contribution in [0.2, 0.25) is 0 Å². The third kappa shape index (κ3) is 3.94. The number of benzene rings is 2. The van der Waals surface area contributed by atoms with Crippen molar-refractivity contribution in [2.45, 2.75) is 4.90 Å². The van der Waals surface area contributed by atoms with E-state index in [0.29, 0.717) is 12.2 Å². The molecule has 0 radical (unpaired) electrons. The van der Waals surface area contributed by atoms with Gasteiger partial charge in [-0.05, 0) is 30.3 Å². The second-order valence-electron chi connectivity index (χ2n) is 3.99. The van der Waals surface area contributed by atoms with Gasteiger partial charge in [0.1, 0.15) is 11.5 Å². The molecule has 0 fully saturated rings. The third-order valence-electron chi connectivity index (χ3n) is 2.64. The molecule has 0 aliphatic heterocycles. The van der Waals surface area contributed by atoms with Gasteiger partial charge in [0, 0.05) is 10.6 Å². The largest absolute Gasteiger partial charge is 0.496 e. The van der Waals surface area contributed by atoms with Crippen molar-refractivity contribution >= 4 is 11.8 Å². The normalized spacial score (nSPS) is 9.80. The quantitative estimate of drug-likeness (QED) is 0.599. The molecule has 0 aliphatic rings. The molecule has 0 heterocycles. The number of hydrogen-bond donors (Lipinski definition) is 0. The summed E-state index contributed by atoms with van der Waals surface area (Å²) in [5.41, 5.74) is 0.611. The smallest absolute Gasteiger partial charge is 0.132 e. The van der Waals surface area contributed by atoms with Gasteiger partial charge in [0.15, 0.2) is 0 Å². The summed E-state index contributed by atoms with van der Waals surface area (Å²) in [5.74, 6) is 2.42. The van der Waals surface area contributed by atoms with Crippen LogP contribution in [0.15, 0.2) is 53.4 Å². The molecule has 0 amide bonds. The highest BCUT2D eigenvalue weighted by atomic mass is 32.2. The molecule has 0 spiro atoms. The zero-order chi connectivity index (χ0) is 14.2. The number of rotatable bonds is 6. The molecule has 0 aromatic heterocycles. The van der Waals surface area contributed by atoms with Gasteiger partial charge in [0.25, 0.3) is 0 Å². The Morgan fingerprint density at radius 3 is 2.80 bits per heavy atom. The number of nitrogens with zero attached hydrogens (tertiary/aromatic N) is 1. The van der Waals surface area contributed by atoms with E-state index >= 15 is 0 Å². The first kappa shape index (κ1) is 14.3. The van der Waals surface area contributed by atoms with Gasteiger partial charge in [-0.2, -0.15) is 5.26 Å². The van der Waals surface area contributed by atoms with Crippen molar-refractivity contribution in [1.29, 1.82) is 5.26 Å². The van der Waals surface area contributed by atoms with Crippen molar-refractivity contribution in [3.8, 4) is 17.6 Å². The Balaban J connectivity index is 1.83. The lowest BCUT2D eigenvalue weighted by molar-refractivity contribution is 0.343. The van der Waals surface area contributed by atoms with Gasteiger partial charge in [-0.1, -0.05) is 18.2 Å². The maximum absolute atomic E-state index is 8.82. The van der Waals surface area contributed by atoms with Gasteiger partial charge in [0.2, 0.25) is 0 Å². The van der Waals surface area contributed by atoms with Crippen LogP contribution in [0.3, 0.4) is 0 Å². The molecule has 2 rings (SSSR count). The van der Waals surface area contributed by atoms with Gasteiger partial charge in [0.05, 0.1) is 25.3 Å². The van der Waals surface area contributed by atoms with E-state index in [1.165, 1.54) is 0 Å². The van der Waals surface area contributed by atoms with Gasteiger partial charge in [-0.25, -0.2) is 0 Å². The lowest BCUT2D eigenvalue weighted by Gasteiger charge is -2.09. The first-order valence-electron chi connectivity index (χ1n) is 6.22. The van der Waals surface area contributed by atoms with E-state index in [1.54, 1.807) is 31.0 Å². The molecule has 4 heteroatoms. The van der Waals surface area contributed by atoms with Crippen LogP contribution in [0.25, 0.3) is 0 Å². The number of ether oxygens (including phenoxy) is 2. The Morgan fingerprint density at radius 1 is 1.15 bits per heavy atom. The Morgan fingerprint density at radius 2 is 2.00 bits per heavy atom. The van der Waals surface area contributed by atoms with Gasteiger partial charge in [-0.3, -0.25) is 0 Å². The standard InChI is InChI=1S/C16H15NO2S/c1-18-15-7-2-3-8-16(15)20-10-9-19-14-6-4-5-13(11-14)12-17/h2-8,11H,9-10H2,1H3. The van der Waals surface area contributed by atoms with Crippen LogP contribution in [0.4, 0.5) is 0 Å². The zero-order valence-electron chi connectivity index (χ0n) is 11.2. The maximum atomic E-state index is 8.82. The molecule has 2 aromatic carbocycles. The fourth-order valence-corrected chi connectivity index (χ4v) is 2.56. The zero-order valence-corrected chi connectivity index (χ0v) is 12.0. The Kier molecular flexibility index (Phi) is 5.33. The average Bonchev–Trinajstić information content (AvgIpc) is 2.52. The SMILES string of the molecule is COc1ccccc1SCCOc1cccc(C#N)c1. The summed E-state index contributed by atoms with van der Waals surface area (Å²) in [6.07, 6.45) is 0. The summed E-state index contributed by atoms with van der Waals surface area (Å²) in [6.45, 7) is 0.581. The number of thioether (sulfide) groups is 1. The molecule has 0 saturated heterocycles. The van der Waals surface area contributed by atoms with Crippen molar-refractivity contribution in [2.24, 2.45) is 0 Å². The summed E-state index contributed by atoms with van der Waals surface area (Å²) in [6, 6.07) is 17.2. The third-order valence-corrected chi connectivity index (χ3v) is 3.66. The molecule has 0 saturated carbocycles. The molecular weight excluding hydrogens is 270 g/mol. The molecule has 0 aliphatic carbocycles. The summed E-state index contributed by atoms with van der Waals surface area (Å²) in [4.78, 5) is 1.10. The number of hydrogen-bond acceptors (Lipinski definition) is 4. The van der Waals surface area contributed by atoms with Gasteiger partial charge < -0.3 is 9.47 Å². The van der Waals surface area contributed by atoms with Crippen molar-refractivity contribution in [2.75, 3.05) is 19.5 Å².